The van der Waals surface area contributed by atoms with E-state index >= 15 is 0 Å². The number of amides is 1. The Hall–Kier alpha value is -4.35. The van der Waals surface area contributed by atoms with Crippen LogP contribution < -0.4 is 10.6 Å². The molecule has 3 aliphatic rings. The van der Waals surface area contributed by atoms with Crippen molar-refractivity contribution < 1.29 is 9.53 Å². The topological polar surface area (TPSA) is 78.9 Å². The van der Waals surface area contributed by atoms with Crippen molar-refractivity contribution in [2.45, 2.75) is 39.8 Å². The second-order valence-corrected chi connectivity index (χ2v) is 8.95. The number of carbonyl (C=O) groups is 1. The molecule has 2 unspecified atom stereocenters. The van der Waals surface area contributed by atoms with Gasteiger partial charge in [0, 0.05) is 17.7 Å². The van der Waals surface area contributed by atoms with Crippen molar-refractivity contribution in [2.75, 3.05) is 12.4 Å². The van der Waals surface area contributed by atoms with Gasteiger partial charge < -0.3 is 15.4 Å². The average molecular weight is 496 g/mol. The highest BCUT2D eigenvalue weighted by atomic mass is 16.5. The quantitative estimate of drug-likeness (QED) is 0.372. The molecule has 2 atom stereocenters. The number of nitrogens with zero attached hydrogens (tertiary/aromatic N) is 3. The van der Waals surface area contributed by atoms with Gasteiger partial charge in [-0.1, -0.05) is 50.8 Å². The number of rotatable bonds is 8. The van der Waals surface area contributed by atoms with Gasteiger partial charge in [-0.3, -0.25) is 4.79 Å². The summed E-state index contributed by atoms with van der Waals surface area (Å²) in [7, 11) is 1.63. The molecule has 0 aromatic carbocycles. The number of fused-ring (bicyclic) bond motifs is 1. The summed E-state index contributed by atoms with van der Waals surface area (Å²) < 4.78 is 5.38. The van der Waals surface area contributed by atoms with E-state index in [0.717, 1.165) is 34.6 Å². The lowest BCUT2D eigenvalue weighted by molar-refractivity contribution is -0.130. The normalized spacial score (nSPS) is 20.8. The van der Waals surface area contributed by atoms with Crippen LogP contribution in [0.4, 0.5) is 5.82 Å². The standard InChI is InChI=1S/C30H33N5O2/c1-6-8-11-23(12-9-7-2)27-21(4)29-33-28(32-25-18-15-20(3)19-31-25)26(30(36)35(29)34-27)22-13-10-14-24(37-5)17-16-22/h6,8-10,12,14-19,21,29,33H,1,7,13H2,2-5H3,(H,31,32)/b12-9-. The fourth-order valence-electron chi connectivity index (χ4n) is 4.32. The number of anilines is 1. The molecular weight excluding hydrogens is 462 g/mol. The van der Waals surface area contributed by atoms with Gasteiger partial charge in [-0.2, -0.15) is 5.10 Å². The van der Waals surface area contributed by atoms with Gasteiger partial charge in [0.1, 0.15) is 23.6 Å². The summed E-state index contributed by atoms with van der Waals surface area (Å²) in [5.41, 5.74) is 7.31. The van der Waals surface area contributed by atoms with E-state index in [1.165, 1.54) is 0 Å². The van der Waals surface area contributed by atoms with Gasteiger partial charge >= 0.3 is 0 Å². The number of aryl methyl sites for hydroxylation is 1. The first-order chi connectivity index (χ1) is 18.0. The lowest BCUT2D eigenvalue weighted by Crippen LogP contribution is -2.53. The molecular formula is C30H33N5O2. The third-order valence-corrected chi connectivity index (χ3v) is 6.29. The van der Waals surface area contributed by atoms with Crippen LogP contribution in [0.3, 0.4) is 0 Å². The highest BCUT2D eigenvalue weighted by Gasteiger charge is 2.44. The molecule has 0 radical (unpaired) electrons. The smallest absolute Gasteiger partial charge is 0.279 e. The van der Waals surface area contributed by atoms with Crippen LogP contribution in [0.5, 0.6) is 0 Å². The lowest BCUT2D eigenvalue weighted by atomic mass is 9.94. The summed E-state index contributed by atoms with van der Waals surface area (Å²) in [5.74, 6) is 1.72. The highest BCUT2D eigenvalue weighted by Crippen LogP contribution is 2.34. The molecule has 7 heteroatoms. The highest BCUT2D eigenvalue weighted by molar-refractivity contribution is 6.09. The Labute approximate surface area is 218 Å². The fourth-order valence-corrected chi connectivity index (χ4v) is 4.32. The Morgan fingerprint density at radius 2 is 2.22 bits per heavy atom. The zero-order chi connectivity index (χ0) is 26.4. The van der Waals surface area contributed by atoms with Gasteiger partial charge in [-0.15, -0.1) is 5.73 Å². The lowest BCUT2D eigenvalue weighted by Gasteiger charge is -2.35. The van der Waals surface area contributed by atoms with E-state index in [1.54, 1.807) is 30.5 Å². The molecule has 2 N–H and O–H groups in total. The van der Waals surface area contributed by atoms with E-state index in [9.17, 15) is 4.79 Å². The second kappa shape index (κ2) is 11.6. The molecule has 1 aromatic rings. The summed E-state index contributed by atoms with van der Waals surface area (Å²) in [6, 6.07) is 3.88. The summed E-state index contributed by atoms with van der Waals surface area (Å²) in [5, 5.41) is 13.3. The summed E-state index contributed by atoms with van der Waals surface area (Å²) in [6.07, 6.45) is 18.1. The van der Waals surface area contributed by atoms with Crippen LogP contribution in [-0.4, -0.2) is 34.9 Å². The van der Waals surface area contributed by atoms with E-state index in [-0.39, 0.29) is 18.0 Å². The number of ether oxygens (including phenoxy) is 1. The molecule has 190 valence electrons. The predicted octanol–water partition coefficient (Wildman–Crippen LogP) is 5.43. The Balaban J connectivity index is 1.78. The average Bonchev–Trinajstić information content (AvgIpc) is 3.07. The first-order valence-electron chi connectivity index (χ1n) is 12.5. The summed E-state index contributed by atoms with van der Waals surface area (Å²) in [6.45, 7) is 9.89. The number of hydrogen-bond acceptors (Lipinski definition) is 6. The van der Waals surface area contributed by atoms with Crippen LogP contribution in [0.15, 0.2) is 113 Å². The zero-order valence-electron chi connectivity index (χ0n) is 21.8. The number of hydrazone groups is 1. The van der Waals surface area contributed by atoms with Crippen LogP contribution >= 0.6 is 0 Å². The van der Waals surface area contributed by atoms with Gasteiger partial charge in [0.25, 0.3) is 5.91 Å². The van der Waals surface area contributed by atoms with Gasteiger partial charge in [0.2, 0.25) is 0 Å². The van der Waals surface area contributed by atoms with Crippen molar-refractivity contribution in [3.05, 3.63) is 113 Å². The first-order valence-corrected chi connectivity index (χ1v) is 12.5. The fraction of sp³-hybridized carbons (Fsp3) is 0.267. The monoisotopic (exact) mass is 495 g/mol. The first kappa shape index (κ1) is 25.7. The zero-order valence-corrected chi connectivity index (χ0v) is 21.8. The predicted molar refractivity (Wildman–Crippen MR) is 148 cm³/mol. The van der Waals surface area contributed by atoms with Crippen molar-refractivity contribution in [1.82, 2.24) is 15.3 Å². The van der Waals surface area contributed by atoms with Gasteiger partial charge in [-0.25, -0.2) is 9.99 Å². The third kappa shape index (κ3) is 5.57. The number of allylic oxidation sites excluding steroid dienone is 8. The molecule has 1 amide bonds. The number of methoxy groups -OCH3 is 1. The molecule has 0 saturated heterocycles. The maximum absolute atomic E-state index is 14.0. The maximum atomic E-state index is 14.0. The molecule has 1 aliphatic carbocycles. The molecule has 4 rings (SSSR count). The van der Waals surface area contributed by atoms with Crippen LogP contribution in [0, 0.1) is 12.8 Å². The Bertz CT molecular complexity index is 1320. The SMILES string of the molecule is C=CC=C=C(/C=C\CC)C1=NN2C(=O)C(C3=CC=C(OC)C=CC3)=C(Nc3ccc(C)cn3)NC2C1C. The van der Waals surface area contributed by atoms with E-state index in [0.29, 0.717) is 23.6 Å². The van der Waals surface area contributed by atoms with Crippen LogP contribution in [0.25, 0.3) is 0 Å². The van der Waals surface area contributed by atoms with E-state index in [4.69, 9.17) is 9.84 Å². The molecule has 37 heavy (non-hydrogen) atoms. The van der Waals surface area contributed by atoms with Crippen LogP contribution in [0.1, 0.15) is 32.3 Å². The number of nitrogens with one attached hydrogen (secondary N) is 2. The number of hydrogen-bond donors (Lipinski definition) is 2. The molecule has 7 nitrogen and oxygen atoms in total. The van der Waals surface area contributed by atoms with Crippen molar-refractivity contribution in [3.63, 3.8) is 0 Å². The Morgan fingerprint density at radius 1 is 1.38 bits per heavy atom. The van der Waals surface area contributed by atoms with Gasteiger partial charge in [0.05, 0.1) is 18.4 Å². The minimum absolute atomic E-state index is 0.0847. The molecule has 2 aliphatic heterocycles. The van der Waals surface area contributed by atoms with Crippen LogP contribution in [-0.2, 0) is 9.53 Å². The molecule has 1 aromatic heterocycles. The van der Waals surface area contributed by atoms with Gasteiger partial charge in [0.15, 0.2) is 0 Å². The number of aromatic nitrogens is 1. The maximum Gasteiger partial charge on any atom is 0.279 e. The molecule has 0 spiro atoms. The third-order valence-electron chi connectivity index (χ3n) is 6.29. The minimum atomic E-state index is -0.359. The van der Waals surface area contributed by atoms with Crippen molar-refractivity contribution in [3.8, 4) is 0 Å². The molecule has 3 heterocycles. The van der Waals surface area contributed by atoms with Crippen LogP contribution in [0.2, 0.25) is 0 Å². The Morgan fingerprint density at radius 3 is 2.92 bits per heavy atom. The molecule has 0 saturated carbocycles. The number of carbonyl (C=O) groups excluding carboxylic acids is 1. The second-order valence-electron chi connectivity index (χ2n) is 8.95. The summed E-state index contributed by atoms with van der Waals surface area (Å²) in [4.78, 5) is 18.5. The van der Waals surface area contributed by atoms with E-state index in [2.05, 4.69) is 47.9 Å². The van der Waals surface area contributed by atoms with Crippen molar-refractivity contribution in [1.29, 1.82) is 0 Å². The van der Waals surface area contributed by atoms with Crippen molar-refractivity contribution in [2.24, 2.45) is 11.0 Å². The van der Waals surface area contributed by atoms with Gasteiger partial charge in [-0.05, 0) is 61.3 Å². The summed E-state index contributed by atoms with van der Waals surface area (Å²) >= 11 is 0. The minimum Gasteiger partial charge on any atom is -0.497 e. The molecule has 0 bridgehead atoms. The van der Waals surface area contributed by atoms with E-state index in [1.807, 2.05) is 49.4 Å². The number of pyridine rings is 1. The molecule has 0 fully saturated rings. The van der Waals surface area contributed by atoms with Crippen molar-refractivity contribution >= 4 is 17.4 Å². The van der Waals surface area contributed by atoms with E-state index < -0.39 is 0 Å². The largest absolute Gasteiger partial charge is 0.497 e. The Kier molecular flexibility index (Phi) is 8.06.